The van der Waals surface area contributed by atoms with Crippen molar-refractivity contribution >= 4 is 17.7 Å². The zero-order valence-electron chi connectivity index (χ0n) is 28.5. The number of carbonyl (C=O) groups excluding carboxylic acids is 3. The van der Waals surface area contributed by atoms with Gasteiger partial charge in [-0.05, 0) is 68.2 Å². The van der Waals surface area contributed by atoms with Gasteiger partial charge in [-0.25, -0.2) is 0 Å². The topological polar surface area (TPSA) is 132 Å². The Morgan fingerprint density at radius 3 is 2.55 bits per heavy atom. The molecule has 7 rings (SSSR count). The Labute approximate surface area is 287 Å². The Kier molecular flexibility index (Phi) is 10.9. The smallest absolute Gasteiger partial charge is 0.289 e. The van der Waals surface area contributed by atoms with E-state index in [1.807, 2.05) is 31.2 Å². The zero-order chi connectivity index (χ0) is 34.3. The molecule has 0 saturated carbocycles. The standard InChI is InChI=1S/C37H46N4O8/c1-4-29-26(21-40-14-5-6-15-40)18-34(49-29)37(44)41-16-13-30-28(22-41)39-36(43)23-47-33-17-24(7-11-31(33)45-2)8-12-35(42)38-20-25-9-10-27(48-30)19-32(25)46-3/h7,9-11,17-19,28,30H,4-6,8,12-16,20-23H2,1-3H3,(H,38,42)(H,39,43)/t28-,30+/m1/s1. The van der Waals surface area contributed by atoms with Gasteiger partial charge in [0.15, 0.2) is 23.9 Å². The molecule has 2 fully saturated rings. The van der Waals surface area contributed by atoms with E-state index >= 15 is 0 Å². The van der Waals surface area contributed by atoms with Crippen molar-refractivity contribution < 1.29 is 37.7 Å². The first-order valence-electron chi connectivity index (χ1n) is 17.2. The monoisotopic (exact) mass is 674 g/mol. The fraction of sp³-hybridized carbons (Fsp3) is 0.486. The van der Waals surface area contributed by atoms with Crippen LogP contribution in [0, 0.1) is 0 Å². The number of methoxy groups -OCH3 is 2. The maximum atomic E-state index is 13.8. The highest BCUT2D eigenvalue weighted by Crippen LogP contribution is 2.30. The van der Waals surface area contributed by atoms with Crippen molar-refractivity contribution in [2.24, 2.45) is 0 Å². The van der Waals surface area contributed by atoms with Crippen molar-refractivity contribution in [3.63, 3.8) is 0 Å². The van der Waals surface area contributed by atoms with Crippen LogP contribution in [0.1, 0.15) is 65.6 Å². The largest absolute Gasteiger partial charge is 0.496 e. The summed E-state index contributed by atoms with van der Waals surface area (Å²) in [6.45, 7) is 5.58. The molecule has 4 aliphatic heterocycles. The van der Waals surface area contributed by atoms with Crippen molar-refractivity contribution in [1.82, 2.24) is 20.4 Å². The summed E-state index contributed by atoms with van der Waals surface area (Å²) in [6, 6.07) is 12.2. The molecule has 0 unspecified atom stereocenters. The number of nitrogens with one attached hydrogen (secondary N) is 2. The summed E-state index contributed by atoms with van der Waals surface area (Å²) in [5, 5.41) is 6.04. The Morgan fingerprint density at radius 2 is 1.78 bits per heavy atom. The van der Waals surface area contributed by atoms with Gasteiger partial charge in [0, 0.05) is 62.6 Å². The molecule has 2 saturated heterocycles. The minimum Gasteiger partial charge on any atom is -0.496 e. The number of benzene rings is 2. The lowest BCUT2D eigenvalue weighted by Crippen LogP contribution is -2.58. The highest BCUT2D eigenvalue weighted by Gasteiger charge is 2.36. The van der Waals surface area contributed by atoms with Crippen LogP contribution in [0.3, 0.4) is 0 Å². The Bertz CT molecular complexity index is 1650. The van der Waals surface area contributed by atoms with E-state index in [1.54, 1.807) is 30.2 Å². The lowest BCUT2D eigenvalue weighted by atomic mass is 10.0. The highest BCUT2D eigenvalue weighted by molar-refractivity contribution is 5.92. The number of likely N-dealkylation sites (tertiary alicyclic amines) is 2. The van der Waals surface area contributed by atoms with Crippen molar-refractivity contribution in [3.8, 4) is 23.0 Å². The second kappa shape index (κ2) is 15.7. The molecular formula is C37H46N4O8. The summed E-state index contributed by atoms with van der Waals surface area (Å²) in [6.07, 6.45) is 3.85. The van der Waals surface area contributed by atoms with Crippen LogP contribution in [0.5, 0.6) is 23.0 Å². The average molecular weight is 675 g/mol. The quantitative estimate of drug-likeness (QED) is 0.400. The van der Waals surface area contributed by atoms with Crippen LogP contribution in [0.25, 0.3) is 0 Å². The molecule has 4 aliphatic rings. The highest BCUT2D eigenvalue weighted by atomic mass is 16.5. The van der Waals surface area contributed by atoms with Gasteiger partial charge in [-0.3, -0.25) is 19.3 Å². The molecule has 0 spiro atoms. The summed E-state index contributed by atoms with van der Waals surface area (Å²) in [5.74, 6) is 2.47. The Balaban J connectivity index is 1.24. The van der Waals surface area contributed by atoms with E-state index in [1.165, 1.54) is 20.0 Å². The second-order valence-electron chi connectivity index (χ2n) is 12.8. The van der Waals surface area contributed by atoms with Crippen molar-refractivity contribution in [2.75, 3.05) is 47.0 Å². The Hall–Kier alpha value is -4.71. The third-order valence-corrected chi connectivity index (χ3v) is 9.45. The maximum absolute atomic E-state index is 13.8. The predicted molar refractivity (Wildman–Crippen MR) is 181 cm³/mol. The second-order valence-corrected chi connectivity index (χ2v) is 12.8. The van der Waals surface area contributed by atoms with E-state index < -0.39 is 12.1 Å². The molecule has 12 nitrogen and oxygen atoms in total. The van der Waals surface area contributed by atoms with Crippen LogP contribution in [0.2, 0.25) is 0 Å². The van der Waals surface area contributed by atoms with Crippen LogP contribution >= 0.6 is 0 Å². The summed E-state index contributed by atoms with van der Waals surface area (Å²) in [4.78, 5) is 44.1. The fourth-order valence-electron chi connectivity index (χ4n) is 6.78. The van der Waals surface area contributed by atoms with Gasteiger partial charge in [0.1, 0.15) is 23.4 Å². The minimum absolute atomic E-state index is 0.106. The lowest BCUT2D eigenvalue weighted by Gasteiger charge is -2.38. The van der Waals surface area contributed by atoms with Crippen LogP contribution in [-0.4, -0.2) is 86.7 Å². The maximum Gasteiger partial charge on any atom is 0.289 e. The van der Waals surface area contributed by atoms with E-state index in [2.05, 4.69) is 15.5 Å². The number of nitrogens with zero attached hydrogens (tertiary/aromatic N) is 2. The van der Waals surface area contributed by atoms with E-state index in [-0.39, 0.29) is 37.3 Å². The first kappa shape index (κ1) is 34.2. The van der Waals surface area contributed by atoms with Gasteiger partial charge in [0.05, 0.1) is 20.3 Å². The average Bonchev–Trinajstić information content (AvgIpc) is 3.79. The number of hydrogen-bond acceptors (Lipinski definition) is 9. The number of fused-ring (bicyclic) bond motifs is 9. The molecule has 12 heteroatoms. The molecule has 2 atom stereocenters. The molecule has 2 aromatic carbocycles. The summed E-state index contributed by atoms with van der Waals surface area (Å²) < 4.78 is 29.6. The van der Waals surface area contributed by atoms with Crippen molar-refractivity contribution in [2.45, 2.75) is 70.7 Å². The number of ether oxygens (including phenoxy) is 4. The molecule has 1 aromatic heterocycles. The van der Waals surface area contributed by atoms with Gasteiger partial charge >= 0.3 is 0 Å². The molecule has 4 bridgehead atoms. The predicted octanol–water partition coefficient (Wildman–Crippen LogP) is 3.87. The molecule has 0 radical (unpaired) electrons. The van der Waals surface area contributed by atoms with E-state index in [0.29, 0.717) is 61.1 Å². The molecule has 3 amide bonds. The Morgan fingerprint density at radius 1 is 0.959 bits per heavy atom. The molecule has 0 aliphatic carbocycles. The van der Waals surface area contributed by atoms with E-state index in [9.17, 15) is 14.4 Å². The molecule has 49 heavy (non-hydrogen) atoms. The van der Waals surface area contributed by atoms with Gasteiger partial charge in [-0.2, -0.15) is 0 Å². The number of piperidine rings is 1. The molecule has 262 valence electrons. The van der Waals surface area contributed by atoms with Crippen molar-refractivity contribution in [3.05, 3.63) is 70.7 Å². The van der Waals surface area contributed by atoms with Gasteiger partial charge in [-0.15, -0.1) is 0 Å². The molecule has 5 heterocycles. The summed E-state index contributed by atoms with van der Waals surface area (Å²) in [5.41, 5.74) is 2.73. The molecular weight excluding hydrogens is 628 g/mol. The lowest BCUT2D eigenvalue weighted by molar-refractivity contribution is -0.125. The van der Waals surface area contributed by atoms with Crippen LogP contribution < -0.4 is 29.6 Å². The number of carbonyl (C=O) groups is 3. The zero-order valence-corrected chi connectivity index (χ0v) is 28.5. The van der Waals surface area contributed by atoms with Crippen molar-refractivity contribution in [1.29, 1.82) is 0 Å². The van der Waals surface area contributed by atoms with E-state index in [0.717, 1.165) is 42.1 Å². The molecule has 3 aromatic rings. The summed E-state index contributed by atoms with van der Waals surface area (Å²) in [7, 11) is 3.10. The minimum atomic E-state index is -0.543. The third-order valence-electron chi connectivity index (χ3n) is 9.45. The van der Waals surface area contributed by atoms with Gasteiger partial charge in [-0.1, -0.05) is 13.0 Å². The number of aryl methyl sites for hydroxylation is 2. The normalized spacial score (nSPS) is 20.5. The van der Waals surface area contributed by atoms with Crippen LogP contribution in [0.4, 0.5) is 0 Å². The fourth-order valence-corrected chi connectivity index (χ4v) is 6.78. The first-order valence-corrected chi connectivity index (χ1v) is 17.2. The number of furan rings is 1. The number of rotatable bonds is 6. The SMILES string of the molecule is CCc1oc(C(=O)N2CC[C@@H]3Oc4ccc(c(OC)c4)CNC(=O)CCc4ccc(OC)c(c4)OCC(=O)N[C@@H]3C2)cc1CN1CCCC1. The van der Waals surface area contributed by atoms with Crippen LogP contribution in [-0.2, 0) is 35.5 Å². The third kappa shape index (κ3) is 8.30. The first-order chi connectivity index (χ1) is 23.8. The summed E-state index contributed by atoms with van der Waals surface area (Å²) >= 11 is 0. The molecule has 2 N–H and O–H groups in total. The number of amides is 3. The van der Waals surface area contributed by atoms with Gasteiger partial charge < -0.3 is 38.9 Å². The van der Waals surface area contributed by atoms with Crippen LogP contribution in [0.15, 0.2) is 46.9 Å². The van der Waals surface area contributed by atoms with E-state index in [4.69, 9.17) is 23.4 Å². The van der Waals surface area contributed by atoms with Gasteiger partial charge in [0.25, 0.3) is 11.8 Å². The van der Waals surface area contributed by atoms with Gasteiger partial charge in [0.2, 0.25) is 5.91 Å². The number of hydrogen-bond donors (Lipinski definition) is 2.